The van der Waals surface area contributed by atoms with Crippen molar-refractivity contribution in [3.63, 3.8) is 0 Å². The number of rotatable bonds is 1. The molecule has 0 heterocycles. The Morgan fingerprint density at radius 1 is 1.67 bits per heavy atom. The van der Waals surface area contributed by atoms with Gasteiger partial charge in [-0.15, -0.1) is 0 Å². The van der Waals surface area contributed by atoms with Crippen LogP contribution in [0.15, 0.2) is 12.2 Å². The maximum Gasteiger partial charge on any atom is 0.155 e. The topological polar surface area (TPSA) is 17.1 Å². The van der Waals surface area contributed by atoms with Gasteiger partial charge in [0.25, 0.3) is 0 Å². The summed E-state index contributed by atoms with van der Waals surface area (Å²) in [4.78, 5) is 11.1. The van der Waals surface area contributed by atoms with E-state index >= 15 is 0 Å². The van der Waals surface area contributed by atoms with Crippen molar-refractivity contribution in [2.75, 3.05) is 0 Å². The zero-order chi connectivity index (χ0) is 9.35. The predicted octanol–water partition coefficient (Wildman–Crippen LogP) is 3.27. The molecule has 12 heavy (non-hydrogen) atoms. The van der Waals surface area contributed by atoms with Crippen LogP contribution in [0.5, 0.6) is 0 Å². The van der Waals surface area contributed by atoms with E-state index in [-0.39, 0.29) is 14.9 Å². The molecule has 0 aromatic rings. The molecule has 1 aliphatic rings. The van der Waals surface area contributed by atoms with Gasteiger partial charge in [-0.25, -0.2) is 0 Å². The lowest BCUT2D eigenvalue weighted by molar-refractivity contribution is -0.116. The van der Waals surface area contributed by atoms with Gasteiger partial charge in [-0.2, -0.15) is 0 Å². The first-order chi connectivity index (χ1) is 5.47. The molecular formula is C9H12Br2O. The van der Waals surface area contributed by atoms with E-state index in [1.165, 1.54) is 0 Å². The Morgan fingerprint density at radius 2 is 2.25 bits per heavy atom. The molecular weight excluding hydrogens is 284 g/mol. The van der Waals surface area contributed by atoms with E-state index in [2.05, 4.69) is 45.7 Å². The minimum absolute atomic E-state index is 0.0495. The number of carbonyl (C=O) groups is 1. The van der Waals surface area contributed by atoms with Gasteiger partial charge in [-0.3, -0.25) is 4.79 Å². The SMILES string of the molecule is C[C@@H]1CC(=O)C=C[C@@]1(C)C(Br)Br. The summed E-state index contributed by atoms with van der Waals surface area (Å²) in [6.45, 7) is 4.26. The largest absolute Gasteiger partial charge is 0.295 e. The van der Waals surface area contributed by atoms with Crippen LogP contribution >= 0.6 is 31.9 Å². The lowest BCUT2D eigenvalue weighted by Crippen LogP contribution is -2.33. The zero-order valence-corrected chi connectivity index (χ0v) is 10.4. The lowest BCUT2D eigenvalue weighted by Gasteiger charge is -2.36. The van der Waals surface area contributed by atoms with Crippen molar-refractivity contribution in [3.05, 3.63) is 12.2 Å². The van der Waals surface area contributed by atoms with E-state index in [4.69, 9.17) is 0 Å². The standard InChI is InChI=1S/C9H12Br2O/c1-6-5-7(12)3-4-9(6,2)8(10)11/h3-4,6,8H,5H2,1-2H3/t6-,9-/m1/s1. The molecule has 0 bridgehead atoms. The zero-order valence-electron chi connectivity index (χ0n) is 7.18. The average molecular weight is 296 g/mol. The van der Waals surface area contributed by atoms with Crippen LogP contribution in [0.2, 0.25) is 0 Å². The Bertz CT molecular complexity index is 223. The molecule has 0 aliphatic heterocycles. The van der Waals surface area contributed by atoms with Crippen LogP contribution in [0.25, 0.3) is 0 Å². The summed E-state index contributed by atoms with van der Waals surface area (Å²) >= 11 is 7.01. The summed E-state index contributed by atoms with van der Waals surface area (Å²) in [6.07, 6.45) is 4.34. The third-order valence-electron chi connectivity index (χ3n) is 2.67. The van der Waals surface area contributed by atoms with Gasteiger partial charge in [-0.05, 0) is 12.0 Å². The normalized spacial score (nSPS) is 36.1. The highest BCUT2D eigenvalue weighted by Gasteiger charge is 2.37. The second-order valence-electron chi connectivity index (χ2n) is 3.57. The van der Waals surface area contributed by atoms with Gasteiger partial charge in [0.15, 0.2) is 5.78 Å². The smallest absolute Gasteiger partial charge is 0.155 e. The highest BCUT2D eigenvalue weighted by atomic mass is 79.9. The summed E-state index contributed by atoms with van der Waals surface area (Å²) in [6, 6.07) is 0. The molecule has 0 saturated carbocycles. The molecule has 68 valence electrons. The fraction of sp³-hybridized carbons (Fsp3) is 0.667. The van der Waals surface area contributed by atoms with Crippen molar-refractivity contribution in [1.82, 2.24) is 0 Å². The van der Waals surface area contributed by atoms with E-state index in [0.29, 0.717) is 12.3 Å². The highest BCUT2D eigenvalue weighted by molar-refractivity contribution is 9.24. The van der Waals surface area contributed by atoms with Crippen LogP contribution in [-0.2, 0) is 4.79 Å². The quantitative estimate of drug-likeness (QED) is 0.679. The van der Waals surface area contributed by atoms with Gasteiger partial charge in [0, 0.05) is 11.8 Å². The van der Waals surface area contributed by atoms with E-state index in [1.54, 1.807) is 6.08 Å². The fourth-order valence-electron chi connectivity index (χ4n) is 1.31. The second-order valence-corrected chi connectivity index (χ2v) is 6.63. The predicted molar refractivity (Wildman–Crippen MR) is 57.7 cm³/mol. The average Bonchev–Trinajstić information content (AvgIpc) is 1.97. The first-order valence-corrected chi connectivity index (χ1v) is 5.80. The first kappa shape index (κ1) is 10.5. The van der Waals surface area contributed by atoms with Crippen LogP contribution in [0.1, 0.15) is 20.3 Å². The summed E-state index contributed by atoms with van der Waals surface area (Å²) in [7, 11) is 0. The molecule has 0 spiro atoms. The molecule has 1 aliphatic carbocycles. The third-order valence-corrected chi connectivity index (χ3v) is 4.64. The summed E-state index contributed by atoms with van der Waals surface area (Å²) in [5.41, 5.74) is 0.0495. The summed E-state index contributed by atoms with van der Waals surface area (Å²) in [5.74, 6) is 0.624. The summed E-state index contributed by atoms with van der Waals surface area (Å²) < 4.78 is 0.233. The minimum atomic E-state index is 0.0495. The van der Waals surface area contributed by atoms with E-state index in [9.17, 15) is 4.79 Å². The molecule has 2 atom stereocenters. The maximum atomic E-state index is 11.1. The van der Waals surface area contributed by atoms with E-state index in [1.807, 2.05) is 6.08 Å². The number of hydrogen-bond donors (Lipinski definition) is 0. The van der Waals surface area contributed by atoms with Gasteiger partial charge < -0.3 is 0 Å². The number of ketones is 1. The number of allylic oxidation sites excluding steroid dienone is 2. The molecule has 0 aromatic carbocycles. The number of carbonyl (C=O) groups excluding carboxylic acids is 1. The van der Waals surface area contributed by atoms with Crippen LogP contribution < -0.4 is 0 Å². The summed E-state index contributed by atoms with van der Waals surface area (Å²) in [5, 5.41) is 0. The molecule has 0 aromatic heterocycles. The van der Waals surface area contributed by atoms with Crippen LogP contribution in [0, 0.1) is 11.3 Å². The Kier molecular flexibility index (Phi) is 3.16. The van der Waals surface area contributed by atoms with E-state index < -0.39 is 0 Å². The molecule has 0 radical (unpaired) electrons. The Labute approximate surface area is 89.9 Å². The van der Waals surface area contributed by atoms with Crippen LogP contribution in [0.3, 0.4) is 0 Å². The van der Waals surface area contributed by atoms with Crippen molar-refractivity contribution in [1.29, 1.82) is 0 Å². The maximum absolute atomic E-state index is 11.1. The minimum Gasteiger partial charge on any atom is -0.295 e. The molecule has 3 heteroatoms. The van der Waals surface area contributed by atoms with Crippen molar-refractivity contribution in [2.24, 2.45) is 11.3 Å². The van der Waals surface area contributed by atoms with Crippen LogP contribution in [-0.4, -0.2) is 9.52 Å². The fourth-order valence-corrected chi connectivity index (χ4v) is 2.52. The van der Waals surface area contributed by atoms with Gasteiger partial charge >= 0.3 is 0 Å². The number of hydrogen-bond acceptors (Lipinski definition) is 1. The Morgan fingerprint density at radius 3 is 2.67 bits per heavy atom. The van der Waals surface area contributed by atoms with Crippen molar-refractivity contribution in [3.8, 4) is 0 Å². The monoisotopic (exact) mass is 294 g/mol. The van der Waals surface area contributed by atoms with E-state index in [0.717, 1.165) is 0 Å². The Hall–Kier alpha value is 0.370. The van der Waals surface area contributed by atoms with Crippen LogP contribution in [0.4, 0.5) is 0 Å². The van der Waals surface area contributed by atoms with Gasteiger partial charge in [-0.1, -0.05) is 51.8 Å². The second kappa shape index (κ2) is 3.62. The number of halogens is 2. The molecule has 0 N–H and O–H groups in total. The molecule has 1 nitrogen and oxygen atoms in total. The third kappa shape index (κ3) is 1.82. The molecule has 0 saturated heterocycles. The van der Waals surface area contributed by atoms with Gasteiger partial charge in [0.05, 0.1) is 3.74 Å². The van der Waals surface area contributed by atoms with Crippen molar-refractivity contribution < 1.29 is 4.79 Å². The van der Waals surface area contributed by atoms with Crippen molar-refractivity contribution in [2.45, 2.75) is 24.0 Å². The Balaban J connectivity index is 2.91. The molecule has 0 amide bonds. The molecule has 0 unspecified atom stereocenters. The first-order valence-electron chi connectivity index (χ1n) is 3.97. The van der Waals surface area contributed by atoms with Crippen molar-refractivity contribution >= 4 is 37.6 Å². The lowest BCUT2D eigenvalue weighted by atomic mass is 9.74. The molecule has 1 rings (SSSR count). The van der Waals surface area contributed by atoms with Gasteiger partial charge in [0.2, 0.25) is 0 Å². The highest BCUT2D eigenvalue weighted by Crippen LogP contribution is 2.43. The number of alkyl halides is 2. The molecule has 0 fully saturated rings. The van der Waals surface area contributed by atoms with Gasteiger partial charge in [0.1, 0.15) is 0 Å².